The van der Waals surface area contributed by atoms with Crippen LogP contribution in [0.1, 0.15) is 25.5 Å². The van der Waals surface area contributed by atoms with Gasteiger partial charge >= 0.3 is 0 Å². The van der Waals surface area contributed by atoms with Gasteiger partial charge in [0.2, 0.25) is 0 Å². The van der Waals surface area contributed by atoms with Crippen LogP contribution in [-0.4, -0.2) is 28.9 Å². The van der Waals surface area contributed by atoms with E-state index in [1.54, 1.807) is 12.3 Å². The maximum Gasteiger partial charge on any atom is 0.191 e. The average molecular weight is 250 g/mol. The van der Waals surface area contributed by atoms with E-state index in [0.29, 0.717) is 11.7 Å². The van der Waals surface area contributed by atoms with Gasteiger partial charge in [-0.1, -0.05) is 6.92 Å². The molecular weight excluding hydrogens is 231 g/mol. The number of hydrogen-bond acceptors (Lipinski definition) is 2. The van der Waals surface area contributed by atoms with Gasteiger partial charge in [-0.05, 0) is 30.9 Å². The summed E-state index contributed by atoms with van der Waals surface area (Å²) in [5, 5.41) is 0. The van der Waals surface area contributed by atoms with Crippen LogP contribution < -0.4 is 5.73 Å². The van der Waals surface area contributed by atoms with Crippen molar-refractivity contribution in [2.45, 2.75) is 26.3 Å². The molecule has 1 saturated heterocycles. The van der Waals surface area contributed by atoms with E-state index in [9.17, 15) is 4.39 Å². The molecule has 4 nitrogen and oxygen atoms in total. The molecule has 0 spiro atoms. The summed E-state index contributed by atoms with van der Waals surface area (Å²) in [6.07, 6.45) is 3.83. The molecule has 1 aromatic heterocycles. The van der Waals surface area contributed by atoms with Gasteiger partial charge in [0.15, 0.2) is 5.96 Å². The van der Waals surface area contributed by atoms with Crippen LogP contribution in [0, 0.1) is 11.7 Å². The zero-order chi connectivity index (χ0) is 13.0. The highest BCUT2D eigenvalue weighted by Crippen LogP contribution is 2.15. The minimum Gasteiger partial charge on any atom is -0.370 e. The van der Waals surface area contributed by atoms with Crippen LogP contribution in [0.5, 0.6) is 0 Å². The number of nitrogens with zero attached hydrogens (tertiary/aromatic N) is 3. The van der Waals surface area contributed by atoms with Gasteiger partial charge in [0.05, 0.1) is 12.2 Å². The summed E-state index contributed by atoms with van der Waals surface area (Å²) in [7, 11) is 0. The zero-order valence-electron chi connectivity index (χ0n) is 10.6. The molecule has 1 aromatic rings. The van der Waals surface area contributed by atoms with Gasteiger partial charge in [-0.2, -0.15) is 0 Å². The second kappa shape index (κ2) is 5.80. The van der Waals surface area contributed by atoms with E-state index in [0.717, 1.165) is 31.8 Å². The first-order valence-electron chi connectivity index (χ1n) is 6.31. The Hall–Kier alpha value is -1.65. The fraction of sp³-hybridized carbons (Fsp3) is 0.538. The van der Waals surface area contributed by atoms with Crippen molar-refractivity contribution in [3.63, 3.8) is 0 Å². The van der Waals surface area contributed by atoms with E-state index in [1.807, 2.05) is 0 Å². The second-order valence-electron chi connectivity index (χ2n) is 4.78. The molecular formula is C13H19FN4. The van der Waals surface area contributed by atoms with Crippen molar-refractivity contribution in [2.75, 3.05) is 13.1 Å². The van der Waals surface area contributed by atoms with E-state index in [4.69, 9.17) is 5.73 Å². The fourth-order valence-corrected chi connectivity index (χ4v) is 2.03. The molecule has 1 aliphatic heterocycles. The normalized spacial score (nSPS) is 18.1. The van der Waals surface area contributed by atoms with Gasteiger partial charge < -0.3 is 10.6 Å². The number of likely N-dealkylation sites (tertiary alicyclic amines) is 1. The van der Waals surface area contributed by atoms with Gasteiger partial charge in [-0.25, -0.2) is 9.38 Å². The molecule has 0 saturated carbocycles. The summed E-state index contributed by atoms with van der Waals surface area (Å²) >= 11 is 0. The van der Waals surface area contributed by atoms with Crippen molar-refractivity contribution in [1.82, 2.24) is 9.88 Å². The molecule has 0 aromatic carbocycles. The lowest BCUT2D eigenvalue weighted by molar-refractivity contribution is 0.277. The Labute approximate surface area is 107 Å². The lowest BCUT2D eigenvalue weighted by Gasteiger charge is -2.30. The summed E-state index contributed by atoms with van der Waals surface area (Å²) in [6, 6.07) is 2.95. The number of rotatable bonds is 2. The molecule has 2 N–H and O–H groups in total. The van der Waals surface area contributed by atoms with Crippen molar-refractivity contribution >= 4 is 5.96 Å². The minimum atomic E-state index is -0.332. The van der Waals surface area contributed by atoms with Crippen LogP contribution in [-0.2, 0) is 6.54 Å². The Bertz CT molecular complexity index is 425. The molecule has 2 rings (SSSR count). The zero-order valence-corrected chi connectivity index (χ0v) is 10.6. The van der Waals surface area contributed by atoms with Crippen LogP contribution in [0.25, 0.3) is 0 Å². The molecule has 5 heteroatoms. The highest BCUT2D eigenvalue weighted by atomic mass is 19.1. The van der Waals surface area contributed by atoms with Crippen LogP contribution in [0.15, 0.2) is 23.3 Å². The highest BCUT2D eigenvalue weighted by molar-refractivity contribution is 5.78. The number of nitrogens with two attached hydrogens (primary N) is 1. The molecule has 0 atom stereocenters. The van der Waals surface area contributed by atoms with Crippen molar-refractivity contribution in [3.8, 4) is 0 Å². The molecule has 0 radical (unpaired) electrons. The third kappa shape index (κ3) is 3.18. The fourth-order valence-electron chi connectivity index (χ4n) is 2.03. The first-order valence-corrected chi connectivity index (χ1v) is 6.31. The van der Waals surface area contributed by atoms with E-state index in [-0.39, 0.29) is 12.4 Å². The summed E-state index contributed by atoms with van der Waals surface area (Å²) in [5.41, 5.74) is 6.26. The molecule has 0 bridgehead atoms. The predicted octanol–water partition coefficient (Wildman–Crippen LogP) is 1.77. The second-order valence-corrected chi connectivity index (χ2v) is 4.78. The van der Waals surface area contributed by atoms with Crippen LogP contribution in [0.3, 0.4) is 0 Å². The topological polar surface area (TPSA) is 54.5 Å². The van der Waals surface area contributed by atoms with Crippen molar-refractivity contribution in [2.24, 2.45) is 16.6 Å². The molecule has 98 valence electrons. The van der Waals surface area contributed by atoms with E-state index in [1.165, 1.54) is 6.07 Å². The van der Waals surface area contributed by atoms with Gasteiger partial charge in [0.25, 0.3) is 0 Å². The Morgan fingerprint density at radius 2 is 2.28 bits per heavy atom. The number of aromatic nitrogens is 1. The minimum absolute atomic E-state index is 0.199. The van der Waals surface area contributed by atoms with Crippen molar-refractivity contribution < 1.29 is 4.39 Å². The SMILES string of the molecule is CC1CCN(C(N)=NCc2ncccc2F)CC1. The first-order chi connectivity index (χ1) is 8.66. The lowest BCUT2D eigenvalue weighted by atomic mass is 10.00. The Kier molecular flexibility index (Phi) is 4.12. The van der Waals surface area contributed by atoms with Gasteiger partial charge in [-0.15, -0.1) is 0 Å². The summed E-state index contributed by atoms with van der Waals surface area (Å²) in [5.74, 6) is 0.913. The molecule has 0 unspecified atom stereocenters. The maximum absolute atomic E-state index is 13.3. The van der Waals surface area contributed by atoms with E-state index < -0.39 is 0 Å². The van der Waals surface area contributed by atoms with Crippen LogP contribution in [0.4, 0.5) is 4.39 Å². The number of aliphatic imine (C=N–C) groups is 1. The summed E-state index contributed by atoms with van der Waals surface area (Å²) < 4.78 is 13.3. The summed E-state index contributed by atoms with van der Waals surface area (Å²) in [6.45, 7) is 4.31. The Balaban J connectivity index is 1.95. The highest BCUT2D eigenvalue weighted by Gasteiger charge is 2.16. The number of piperidine rings is 1. The number of halogens is 1. The molecule has 2 heterocycles. The van der Waals surface area contributed by atoms with Gasteiger partial charge in [0, 0.05) is 19.3 Å². The number of pyridine rings is 1. The predicted molar refractivity (Wildman–Crippen MR) is 69.5 cm³/mol. The maximum atomic E-state index is 13.3. The van der Waals surface area contributed by atoms with Gasteiger partial charge in [-0.3, -0.25) is 4.98 Å². The third-order valence-corrected chi connectivity index (χ3v) is 3.33. The van der Waals surface area contributed by atoms with Crippen molar-refractivity contribution in [3.05, 3.63) is 29.8 Å². The standard InChI is InChI=1S/C13H19FN4/c1-10-4-7-18(8-5-10)13(15)17-9-12-11(14)3-2-6-16-12/h2-3,6,10H,4-5,7-9H2,1H3,(H2,15,17). The van der Waals surface area contributed by atoms with Crippen molar-refractivity contribution in [1.29, 1.82) is 0 Å². The Morgan fingerprint density at radius 1 is 1.56 bits per heavy atom. The smallest absolute Gasteiger partial charge is 0.191 e. The van der Waals surface area contributed by atoms with Crippen LogP contribution in [0.2, 0.25) is 0 Å². The number of hydrogen-bond donors (Lipinski definition) is 1. The van der Waals surface area contributed by atoms with Crippen LogP contribution >= 0.6 is 0 Å². The molecule has 18 heavy (non-hydrogen) atoms. The molecule has 1 fully saturated rings. The molecule has 0 amide bonds. The third-order valence-electron chi connectivity index (χ3n) is 3.33. The van der Waals surface area contributed by atoms with E-state index >= 15 is 0 Å². The van der Waals surface area contributed by atoms with E-state index in [2.05, 4.69) is 21.8 Å². The molecule has 1 aliphatic rings. The molecule has 0 aliphatic carbocycles. The Morgan fingerprint density at radius 3 is 2.94 bits per heavy atom. The quantitative estimate of drug-likeness (QED) is 0.643. The lowest BCUT2D eigenvalue weighted by Crippen LogP contribution is -2.42. The summed E-state index contributed by atoms with van der Waals surface area (Å²) in [4.78, 5) is 10.2. The monoisotopic (exact) mass is 250 g/mol. The largest absolute Gasteiger partial charge is 0.370 e. The first kappa shape index (κ1) is 12.8. The van der Waals surface area contributed by atoms with Gasteiger partial charge in [0.1, 0.15) is 5.82 Å². The number of guanidine groups is 1. The average Bonchev–Trinajstić information content (AvgIpc) is 2.38.